The van der Waals surface area contributed by atoms with Crippen molar-refractivity contribution in [2.45, 2.75) is 38.6 Å². The second kappa shape index (κ2) is 28.4. The predicted octanol–water partition coefficient (Wildman–Crippen LogP) is 2.78. The van der Waals surface area contributed by atoms with Gasteiger partial charge in [0.25, 0.3) is 5.91 Å². The Morgan fingerprint density at radius 3 is 2.08 bits per heavy atom. The first-order valence-corrected chi connectivity index (χ1v) is 21.6. The largest absolute Gasteiger partial charge is 0.398 e. The molecule has 0 radical (unpaired) electrons. The predicted molar refractivity (Wildman–Crippen MR) is 249 cm³/mol. The fraction of sp³-hybridized carbons (Fsp3) is 0.435. The van der Waals surface area contributed by atoms with E-state index in [-0.39, 0.29) is 67.7 Å². The van der Waals surface area contributed by atoms with Crippen molar-refractivity contribution < 1.29 is 52.5 Å². The first kappa shape index (κ1) is 52.0. The Labute approximate surface area is 383 Å². The van der Waals surface area contributed by atoms with Crippen LogP contribution in [0.5, 0.6) is 0 Å². The summed E-state index contributed by atoms with van der Waals surface area (Å²) in [5.41, 5.74) is 16.8. The lowest BCUT2D eigenvalue weighted by molar-refractivity contribution is -0.123. The monoisotopic (exact) mass is 915 g/mol. The number of pyridine rings is 2. The molecule has 0 saturated heterocycles. The summed E-state index contributed by atoms with van der Waals surface area (Å²) < 4.78 is 27.6. The lowest BCUT2D eigenvalue weighted by Gasteiger charge is -2.25. The van der Waals surface area contributed by atoms with E-state index >= 15 is 0 Å². The zero-order valence-corrected chi connectivity index (χ0v) is 37.7. The van der Waals surface area contributed by atoms with E-state index in [0.717, 1.165) is 27.5 Å². The molecule has 66 heavy (non-hydrogen) atoms. The molecule has 1 atom stereocenters. The highest BCUT2D eigenvalue weighted by molar-refractivity contribution is 6.07. The van der Waals surface area contributed by atoms with Crippen molar-refractivity contribution in [3.05, 3.63) is 71.7 Å². The molecule has 0 aliphatic heterocycles. The number of nitrogens with one attached hydrogen (secondary N) is 4. The topological polar surface area (TPSA) is 278 Å². The molecular weight excluding hydrogens is 855 g/mol. The van der Waals surface area contributed by atoms with Gasteiger partial charge in [-0.3, -0.25) is 29.0 Å². The van der Waals surface area contributed by atoms with E-state index < -0.39 is 11.9 Å². The number of nitrogens with zero attached hydrogens (tertiary/aromatic N) is 3. The van der Waals surface area contributed by atoms with Crippen LogP contribution in [0.25, 0.3) is 21.9 Å². The summed E-state index contributed by atoms with van der Waals surface area (Å²) in [6.45, 7) is 5.68. The van der Waals surface area contributed by atoms with E-state index in [1.54, 1.807) is 36.8 Å². The normalized spacial score (nSPS) is 11.4. The standard InChI is InChI=1S/C46H61N9O11/c1-31-36(26-50-28-39(31)48)33-23-34-25-41(53-27-37(34)38(47)24-33)54-44(60)9-11-52-43(59)10-13-62-15-17-64-19-21-66-22-20-65-18-16-63-14-12-51-40-6-4-5-32(29-56)45(40)46(61)55(3)35(30-57)7-8-42(58)49-2/h4-6,23-30,35,51H,7-22,47-48H2,1-3H3,(H,49,58)(H,52,59)(H,53,54,60). The Balaban J connectivity index is 0.968. The molecule has 8 N–H and O–H groups in total. The van der Waals surface area contributed by atoms with E-state index in [1.165, 1.54) is 25.1 Å². The van der Waals surface area contributed by atoms with Gasteiger partial charge < -0.3 is 66.1 Å². The average molecular weight is 916 g/mol. The van der Waals surface area contributed by atoms with Crippen LogP contribution in [0.2, 0.25) is 0 Å². The molecule has 0 bridgehead atoms. The van der Waals surface area contributed by atoms with Crippen LogP contribution in [-0.2, 0) is 42.9 Å². The van der Waals surface area contributed by atoms with E-state index in [0.29, 0.717) is 101 Å². The fourth-order valence-corrected chi connectivity index (χ4v) is 6.49. The molecule has 4 amide bonds. The number of hydrogen-bond donors (Lipinski definition) is 6. The highest BCUT2D eigenvalue weighted by atomic mass is 16.6. The van der Waals surface area contributed by atoms with Crippen LogP contribution in [0.1, 0.15) is 52.0 Å². The maximum absolute atomic E-state index is 13.4. The number of nitrogens with two attached hydrogens (primary N) is 2. The Bertz CT molecular complexity index is 2240. The lowest BCUT2D eigenvalue weighted by atomic mass is 9.98. The van der Waals surface area contributed by atoms with Crippen LogP contribution in [0.3, 0.4) is 0 Å². The number of likely N-dealkylation sites (N-methyl/N-ethyl adjacent to an activating group) is 1. The van der Waals surface area contributed by atoms with Gasteiger partial charge in [-0.2, -0.15) is 0 Å². The second-order valence-corrected chi connectivity index (χ2v) is 14.9. The van der Waals surface area contributed by atoms with Gasteiger partial charge in [0.1, 0.15) is 12.1 Å². The summed E-state index contributed by atoms with van der Waals surface area (Å²) in [6, 6.07) is 9.52. The van der Waals surface area contributed by atoms with E-state index in [2.05, 4.69) is 31.2 Å². The summed E-state index contributed by atoms with van der Waals surface area (Å²) in [4.78, 5) is 83.1. The van der Waals surface area contributed by atoms with Crippen molar-refractivity contribution in [1.82, 2.24) is 25.5 Å². The van der Waals surface area contributed by atoms with E-state index in [9.17, 15) is 28.8 Å². The number of fused-ring (bicyclic) bond motifs is 1. The number of anilines is 4. The van der Waals surface area contributed by atoms with Gasteiger partial charge in [0.15, 0.2) is 6.29 Å². The molecule has 20 heteroatoms. The third-order valence-electron chi connectivity index (χ3n) is 10.3. The quantitative estimate of drug-likeness (QED) is 0.0241. The minimum absolute atomic E-state index is 0.0585. The molecule has 2 heterocycles. The number of aldehydes is 2. The zero-order valence-electron chi connectivity index (χ0n) is 37.7. The summed E-state index contributed by atoms with van der Waals surface area (Å²) in [7, 11) is 2.95. The molecule has 4 rings (SSSR count). The van der Waals surface area contributed by atoms with Crippen molar-refractivity contribution in [3.8, 4) is 11.1 Å². The van der Waals surface area contributed by atoms with Crippen LogP contribution in [-0.4, -0.2) is 150 Å². The molecule has 0 spiro atoms. The minimum atomic E-state index is -0.843. The number of carbonyl (C=O) groups excluding carboxylic acids is 6. The molecule has 0 fully saturated rings. The van der Waals surface area contributed by atoms with Crippen molar-refractivity contribution in [1.29, 1.82) is 0 Å². The molecule has 356 valence electrons. The van der Waals surface area contributed by atoms with Gasteiger partial charge in [-0.15, -0.1) is 0 Å². The highest BCUT2D eigenvalue weighted by Crippen LogP contribution is 2.33. The van der Waals surface area contributed by atoms with Gasteiger partial charge in [0.2, 0.25) is 17.7 Å². The molecule has 0 saturated carbocycles. The first-order chi connectivity index (χ1) is 32.0. The van der Waals surface area contributed by atoms with Crippen LogP contribution >= 0.6 is 0 Å². The molecular formula is C46H61N9O11. The smallest absolute Gasteiger partial charge is 0.257 e. The molecule has 4 aromatic rings. The number of aromatic nitrogens is 2. The summed E-state index contributed by atoms with van der Waals surface area (Å²) >= 11 is 0. The number of hydrogen-bond acceptors (Lipinski definition) is 16. The highest BCUT2D eigenvalue weighted by Gasteiger charge is 2.26. The van der Waals surface area contributed by atoms with Crippen molar-refractivity contribution in [2.24, 2.45) is 0 Å². The van der Waals surface area contributed by atoms with Crippen molar-refractivity contribution in [2.75, 3.05) is 115 Å². The minimum Gasteiger partial charge on any atom is -0.398 e. The molecule has 20 nitrogen and oxygen atoms in total. The Kier molecular flexibility index (Phi) is 22.4. The van der Waals surface area contributed by atoms with Crippen LogP contribution in [0.4, 0.5) is 22.9 Å². The number of benzene rings is 2. The third-order valence-corrected chi connectivity index (χ3v) is 10.3. The number of amides is 4. The summed E-state index contributed by atoms with van der Waals surface area (Å²) in [6.07, 6.45) is 6.54. The lowest BCUT2D eigenvalue weighted by Crippen LogP contribution is -2.39. The first-order valence-electron chi connectivity index (χ1n) is 21.6. The van der Waals surface area contributed by atoms with Gasteiger partial charge in [0.05, 0.1) is 89.6 Å². The second-order valence-electron chi connectivity index (χ2n) is 14.9. The molecule has 0 aliphatic carbocycles. The average Bonchev–Trinajstić information content (AvgIpc) is 3.31. The number of nitrogen functional groups attached to an aromatic ring is 2. The summed E-state index contributed by atoms with van der Waals surface area (Å²) in [5, 5.41) is 12.6. The Morgan fingerprint density at radius 1 is 0.758 bits per heavy atom. The molecule has 1 unspecified atom stereocenters. The molecule has 2 aromatic heterocycles. The Morgan fingerprint density at radius 2 is 1.42 bits per heavy atom. The summed E-state index contributed by atoms with van der Waals surface area (Å²) in [5.74, 6) is -0.957. The molecule has 0 aliphatic rings. The van der Waals surface area contributed by atoms with Gasteiger partial charge >= 0.3 is 0 Å². The third kappa shape index (κ3) is 16.8. The Hall–Kier alpha value is -6.58. The van der Waals surface area contributed by atoms with Crippen LogP contribution < -0.4 is 32.7 Å². The maximum atomic E-state index is 13.4. The maximum Gasteiger partial charge on any atom is 0.257 e. The number of carbonyl (C=O) groups is 6. The van der Waals surface area contributed by atoms with Crippen LogP contribution in [0, 0.1) is 6.92 Å². The van der Waals surface area contributed by atoms with Gasteiger partial charge in [-0.05, 0) is 54.1 Å². The van der Waals surface area contributed by atoms with Crippen molar-refractivity contribution >= 4 is 69.9 Å². The molecule has 2 aromatic carbocycles. The SMILES string of the molecule is CNC(=O)CCC(C=O)N(C)C(=O)c1c(C=O)cccc1NCCOCCOCCOCCOCCOCCC(=O)NCCC(=O)Nc1cc2cc(-c3cncc(N)c3C)cc(N)c2cn1. The van der Waals surface area contributed by atoms with Gasteiger partial charge in [-0.1, -0.05) is 12.1 Å². The van der Waals surface area contributed by atoms with E-state index in [1.807, 2.05) is 19.1 Å². The fourth-order valence-electron chi connectivity index (χ4n) is 6.49. The van der Waals surface area contributed by atoms with Crippen LogP contribution in [0.15, 0.2) is 55.0 Å². The van der Waals surface area contributed by atoms with Crippen molar-refractivity contribution in [3.63, 3.8) is 0 Å². The van der Waals surface area contributed by atoms with Gasteiger partial charge in [-0.25, -0.2) is 4.98 Å². The number of rotatable bonds is 31. The van der Waals surface area contributed by atoms with E-state index in [4.69, 9.17) is 35.2 Å². The van der Waals surface area contributed by atoms with Gasteiger partial charge in [0, 0.05) is 86.7 Å². The number of ether oxygens (including phenoxy) is 5. The zero-order chi connectivity index (χ0) is 47.7.